The van der Waals surface area contributed by atoms with Crippen LogP contribution in [0.4, 0.5) is 0 Å². The van der Waals surface area contributed by atoms with Gasteiger partial charge in [0.05, 0.1) is 0 Å². The number of oxazole rings is 1. The van der Waals surface area contributed by atoms with E-state index >= 15 is 0 Å². The third kappa shape index (κ3) is 2.67. The second-order valence-corrected chi connectivity index (χ2v) is 5.72. The lowest BCUT2D eigenvalue weighted by Gasteiger charge is -2.18. The Morgan fingerprint density at radius 3 is 2.65 bits per heavy atom. The van der Waals surface area contributed by atoms with Gasteiger partial charge in [-0.05, 0) is 30.0 Å². The summed E-state index contributed by atoms with van der Waals surface area (Å²) in [7, 11) is 0. The quantitative estimate of drug-likeness (QED) is 0.866. The van der Waals surface area contributed by atoms with Crippen LogP contribution in [0, 0.1) is 0 Å². The molecule has 0 fully saturated rings. The highest BCUT2D eigenvalue weighted by molar-refractivity contribution is 5.73. The zero-order valence-electron chi connectivity index (χ0n) is 10.9. The Morgan fingerprint density at radius 2 is 2.06 bits per heavy atom. The summed E-state index contributed by atoms with van der Waals surface area (Å²) in [4.78, 5) is 4.48. The molecule has 0 aliphatic heterocycles. The first-order chi connectivity index (χ1) is 7.86. The highest BCUT2D eigenvalue weighted by Gasteiger charge is 2.15. The van der Waals surface area contributed by atoms with Crippen LogP contribution >= 0.6 is 0 Å². The number of fused-ring (bicyclic) bond motifs is 1. The summed E-state index contributed by atoms with van der Waals surface area (Å²) in [6.07, 6.45) is 0.680. The van der Waals surface area contributed by atoms with Crippen molar-refractivity contribution in [2.45, 2.75) is 45.6 Å². The molecule has 0 saturated carbocycles. The molecular formula is C14H20N2O. The van der Waals surface area contributed by atoms with E-state index in [2.05, 4.69) is 37.9 Å². The Hall–Kier alpha value is -1.35. The minimum atomic E-state index is 0.0742. The summed E-state index contributed by atoms with van der Waals surface area (Å²) < 4.78 is 5.66. The summed E-state index contributed by atoms with van der Waals surface area (Å²) >= 11 is 0. The van der Waals surface area contributed by atoms with E-state index in [9.17, 15) is 0 Å². The van der Waals surface area contributed by atoms with Gasteiger partial charge in [-0.1, -0.05) is 26.8 Å². The third-order valence-electron chi connectivity index (χ3n) is 2.79. The van der Waals surface area contributed by atoms with Crippen molar-refractivity contribution in [1.82, 2.24) is 4.98 Å². The van der Waals surface area contributed by atoms with E-state index in [1.807, 2.05) is 13.0 Å². The highest BCUT2D eigenvalue weighted by Crippen LogP contribution is 2.26. The molecular weight excluding hydrogens is 212 g/mol. The van der Waals surface area contributed by atoms with Crippen molar-refractivity contribution in [2.24, 2.45) is 5.73 Å². The number of nitrogens with zero attached hydrogens (tertiary/aromatic N) is 1. The maximum atomic E-state index is 5.75. The van der Waals surface area contributed by atoms with Crippen molar-refractivity contribution in [3.8, 4) is 0 Å². The molecule has 2 N–H and O–H groups in total. The molecule has 3 nitrogen and oxygen atoms in total. The van der Waals surface area contributed by atoms with Gasteiger partial charge in [0.2, 0.25) is 0 Å². The number of aromatic nitrogens is 1. The van der Waals surface area contributed by atoms with Gasteiger partial charge in [-0.25, -0.2) is 4.98 Å². The van der Waals surface area contributed by atoms with E-state index < -0.39 is 0 Å². The first kappa shape index (κ1) is 12.1. The van der Waals surface area contributed by atoms with E-state index in [1.165, 1.54) is 5.56 Å². The monoisotopic (exact) mass is 232 g/mol. The van der Waals surface area contributed by atoms with Crippen LogP contribution in [0.2, 0.25) is 0 Å². The van der Waals surface area contributed by atoms with Gasteiger partial charge in [0.25, 0.3) is 0 Å². The van der Waals surface area contributed by atoms with Gasteiger partial charge < -0.3 is 10.2 Å². The minimum Gasteiger partial charge on any atom is -0.441 e. The van der Waals surface area contributed by atoms with Crippen molar-refractivity contribution in [3.63, 3.8) is 0 Å². The van der Waals surface area contributed by atoms with Gasteiger partial charge >= 0.3 is 0 Å². The number of benzene rings is 1. The summed E-state index contributed by atoms with van der Waals surface area (Å²) in [5, 5.41) is 0. The van der Waals surface area contributed by atoms with Crippen molar-refractivity contribution < 1.29 is 4.42 Å². The molecule has 0 saturated heterocycles. The van der Waals surface area contributed by atoms with Crippen LogP contribution in [0.5, 0.6) is 0 Å². The van der Waals surface area contributed by atoms with Gasteiger partial charge in [-0.15, -0.1) is 0 Å². The second-order valence-electron chi connectivity index (χ2n) is 5.72. The van der Waals surface area contributed by atoms with Gasteiger partial charge in [0.15, 0.2) is 11.5 Å². The zero-order chi connectivity index (χ0) is 12.6. The summed E-state index contributed by atoms with van der Waals surface area (Å²) in [6.45, 7) is 8.53. The average Bonchev–Trinajstić information content (AvgIpc) is 2.55. The van der Waals surface area contributed by atoms with E-state index in [4.69, 9.17) is 10.2 Å². The summed E-state index contributed by atoms with van der Waals surface area (Å²) in [5.41, 5.74) is 8.91. The first-order valence-corrected chi connectivity index (χ1v) is 6.02. The highest BCUT2D eigenvalue weighted by atomic mass is 16.3. The predicted octanol–water partition coefficient (Wildman–Crippen LogP) is 3.02. The molecule has 17 heavy (non-hydrogen) atoms. The second kappa shape index (κ2) is 4.15. The fourth-order valence-corrected chi connectivity index (χ4v) is 1.80. The molecule has 0 bridgehead atoms. The van der Waals surface area contributed by atoms with Gasteiger partial charge in [-0.2, -0.15) is 0 Å². The summed E-state index contributed by atoms with van der Waals surface area (Å²) in [6, 6.07) is 6.27. The zero-order valence-corrected chi connectivity index (χ0v) is 10.9. The van der Waals surface area contributed by atoms with E-state index in [-0.39, 0.29) is 11.5 Å². The topological polar surface area (TPSA) is 52.0 Å². The summed E-state index contributed by atoms with van der Waals surface area (Å²) in [5.74, 6) is 0.723. The predicted molar refractivity (Wildman–Crippen MR) is 70.1 cm³/mol. The van der Waals surface area contributed by atoms with Crippen molar-refractivity contribution >= 4 is 11.1 Å². The van der Waals surface area contributed by atoms with Crippen LogP contribution in [-0.4, -0.2) is 11.0 Å². The lowest BCUT2D eigenvalue weighted by molar-refractivity contribution is 0.506. The average molecular weight is 232 g/mol. The minimum absolute atomic E-state index is 0.0742. The smallest absolute Gasteiger partial charge is 0.197 e. The van der Waals surface area contributed by atoms with Gasteiger partial charge in [-0.3, -0.25) is 0 Å². The van der Waals surface area contributed by atoms with Crippen LogP contribution < -0.4 is 5.73 Å². The molecule has 2 rings (SSSR count). The Balaban J connectivity index is 2.41. The Bertz CT molecular complexity index is 520. The number of nitrogens with two attached hydrogens (primary N) is 1. The third-order valence-corrected chi connectivity index (χ3v) is 2.79. The standard InChI is InChI=1S/C14H20N2O/c1-9(15)7-13-16-11-8-10(14(2,3)4)5-6-12(11)17-13/h5-6,8-9H,7,15H2,1-4H3. The van der Waals surface area contributed by atoms with Crippen LogP contribution in [0.1, 0.15) is 39.1 Å². The Labute approximate surface area is 102 Å². The molecule has 0 spiro atoms. The van der Waals surface area contributed by atoms with E-state index in [1.54, 1.807) is 0 Å². The maximum absolute atomic E-state index is 5.75. The van der Waals surface area contributed by atoms with Crippen molar-refractivity contribution in [3.05, 3.63) is 29.7 Å². The molecule has 0 radical (unpaired) electrons. The fourth-order valence-electron chi connectivity index (χ4n) is 1.80. The molecule has 92 valence electrons. The molecule has 1 unspecified atom stereocenters. The molecule has 0 aliphatic rings. The van der Waals surface area contributed by atoms with Crippen LogP contribution in [0.25, 0.3) is 11.1 Å². The first-order valence-electron chi connectivity index (χ1n) is 6.02. The van der Waals surface area contributed by atoms with E-state index in [0.29, 0.717) is 6.42 Å². The van der Waals surface area contributed by atoms with E-state index in [0.717, 1.165) is 17.0 Å². The lowest BCUT2D eigenvalue weighted by atomic mass is 9.87. The van der Waals surface area contributed by atoms with Crippen LogP contribution in [0.3, 0.4) is 0 Å². The molecule has 1 aromatic carbocycles. The molecule has 1 aromatic heterocycles. The van der Waals surface area contributed by atoms with Crippen molar-refractivity contribution in [2.75, 3.05) is 0 Å². The van der Waals surface area contributed by atoms with Gasteiger partial charge in [0, 0.05) is 12.5 Å². The number of rotatable bonds is 2. The van der Waals surface area contributed by atoms with Crippen LogP contribution in [-0.2, 0) is 11.8 Å². The molecule has 3 heteroatoms. The number of hydrogen-bond acceptors (Lipinski definition) is 3. The molecule has 0 amide bonds. The SMILES string of the molecule is CC(N)Cc1nc2cc(C(C)(C)C)ccc2o1. The normalized spacial score (nSPS) is 14.2. The largest absolute Gasteiger partial charge is 0.441 e. The Morgan fingerprint density at radius 1 is 1.35 bits per heavy atom. The lowest BCUT2D eigenvalue weighted by Crippen LogP contribution is -2.17. The Kier molecular flexibility index (Phi) is 2.96. The molecule has 2 aromatic rings. The van der Waals surface area contributed by atoms with Crippen LogP contribution in [0.15, 0.2) is 22.6 Å². The maximum Gasteiger partial charge on any atom is 0.197 e. The molecule has 1 heterocycles. The van der Waals surface area contributed by atoms with Crippen molar-refractivity contribution in [1.29, 1.82) is 0 Å². The number of hydrogen-bond donors (Lipinski definition) is 1. The fraction of sp³-hybridized carbons (Fsp3) is 0.500. The van der Waals surface area contributed by atoms with Gasteiger partial charge in [0.1, 0.15) is 5.52 Å². The molecule has 1 atom stereocenters. The molecule has 0 aliphatic carbocycles.